The summed E-state index contributed by atoms with van der Waals surface area (Å²) in [6.45, 7) is -3.18. The SMILES string of the molecule is FC(F)(F)COc1cc(NC(=S)Nc2ccc3c(c2)OCO3)cc(OCC(F)(F)F)c1. The van der Waals surface area contributed by atoms with Gasteiger partial charge in [-0.15, -0.1) is 0 Å². The van der Waals surface area contributed by atoms with Crippen molar-refractivity contribution in [2.24, 2.45) is 0 Å². The van der Waals surface area contributed by atoms with E-state index in [-0.39, 0.29) is 29.1 Å². The van der Waals surface area contributed by atoms with Gasteiger partial charge in [-0.05, 0) is 24.4 Å². The predicted octanol–water partition coefficient (Wildman–Crippen LogP) is 5.11. The van der Waals surface area contributed by atoms with E-state index in [1.54, 1.807) is 18.2 Å². The summed E-state index contributed by atoms with van der Waals surface area (Å²) >= 11 is 5.14. The van der Waals surface area contributed by atoms with Crippen molar-refractivity contribution in [3.05, 3.63) is 36.4 Å². The van der Waals surface area contributed by atoms with Crippen molar-refractivity contribution in [3.8, 4) is 23.0 Å². The molecule has 2 aromatic rings. The summed E-state index contributed by atoms with van der Waals surface area (Å²) in [7, 11) is 0. The highest BCUT2D eigenvalue weighted by molar-refractivity contribution is 7.80. The lowest BCUT2D eigenvalue weighted by atomic mass is 10.2. The second-order valence-electron chi connectivity index (χ2n) is 6.15. The molecule has 1 aliphatic heterocycles. The van der Waals surface area contributed by atoms with Gasteiger partial charge in [-0.3, -0.25) is 0 Å². The number of fused-ring (bicyclic) bond motifs is 1. The quantitative estimate of drug-likeness (QED) is 0.452. The molecule has 0 saturated heterocycles. The molecule has 0 atom stereocenters. The zero-order chi connectivity index (χ0) is 22.6. The van der Waals surface area contributed by atoms with Crippen LogP contribution in [0.25, 0.3) is 0 Å². The van der Waals surface area contributed by atoms with Crippen molar-refractivity contribution in [1.29, 1.82) is 0 Å². The maximum Gasteiger partial charge on any atom is 0.422 e. The molecular weight excluding hydrogens is 454 g/mol. The van der Waals surface area contributed by atoms with Crippen LogP contribution in [0.4, 0.5) is 37.7 Å². The lowest BCUT2D eigenvalue weighted by molar-refractivity contribution is -0.153. The summed E-state index contributed by atoms with van der Waals surface area (Å²) in [6.07, 6.45) is -9.26. The molecule has 0 amide bonds. The van der Waals surface area contributed by atoms with E-state index < -0.39 is 25.6 Å². The fraction of sp³-hybridized carbons (Fsp3) is 0.278. The first-order valence-corrected chi connectivity index (χ1v) is 8.89. The van der Waals surface area contributed by atoms with Crippen molar-refractivity contribution in [1.82, 2.24) is 0 Å². The van der Waals surface area contributed by atoms with E-state index in [0.29, 0.717) is 17.2 Å². The Bertz CT molecular complexity index is 915. The van der Waals surface area contributed by atoms with Gasteiger partial charge >= 0.3 is 12.4 Å². The number of ether oxygens (including phenoxy) is 4. The average molecular weight is 468 g/mol. The molecular formula is C18H14F6N2O4S. The first-order valence-electron chi connectivity index (χ1n) is 8.49. The molecule has 3 rings (SSSR count). The number of alkyl halides is 6. The second-order valence-corrected chi connectivity index (χ2v) is 6.56. The Kier molecular flexibility index (Phi) is 6.53. The summed E-state index contributed by atoms with van der Waals surface area (Å²) in [6, 6.07) is 8.08. The molecule has 0 spiro atoms. The van der Waals surface area contributed by atoms with Crippen LogP contribution in [0.1, 0.15) is 0 Å². The van der Waals surface area contributed by atoms with Gasteiger partial charge in [-0.2, -0.15) is 26.3 Å². The fourth-order valence-corrected chi connectivity index (χ4v) is 2.64. The molecule has 2 aromatic carbocycles. The topological polar surface area (TPSA) is 61.0 Å². The van der Waals surface area contributed by atoms with E-state index in [4.69, 9.17) is 21.7 Å². The highest BCUT2D eigenvalue weighted by Gasteiger charge is 2.30. The van der Waals surface area contributed by atoms with Gasteiger partial charge in [0.05, 0.1) is 0 Å². The zero-order valence-electron chi connectivity index (χ0n) is 15.4. The van der Waals surface area contributed by atoms with Gasteiger partial charge < -0.3 is 29.6 Å². The van der Waals surface area contributed by atoms with Gasteiger partial charge in [0, 0.05) is 35.6 Å². The zero-order valence-corrected chi connectivity index (χ0v) is 16.2. The fourth-order valence-electron chi connectivity index (χ4n) is 2.41. The Balaban J connectivity index is 1.71. The summed E-state index contributed by atoms with van der Waals surface area (Å²) < 4.78 is 94.2. The van der Waals surface area contributed by atoms with Crippen LogP contribution < -0.4 is 29.6 Å². The first-order chi connectivity index (χ1) is 14.5. The average Bonchev–Trinajstić information content (AvgIpc) is 3.11. The number of benzene rings is 2. The summed E-state index contributed by atoms with van der Waals surface area (Å²) in [5.41, 5.74) is 0.565. The molecule has 0 fully saturated rings. The normalized spacial score (nSPS) is 13.0. The van der Waals surface area contributed by atoms with E-state index in [2.05, 4.69) is 20.1 Å². The van der Waals surface area contributed by atoms with Crippen molar-refractivity contribution in [2.75, 3.05) is 30.6 Å². The lowest BCUT2D eigenvalue weighted by Crippen LogP contribution is -2.21. The van der Waals surface area contributed by atoms with Gasteiger partial charge in [0.1, 0.15) is 11.5 Å². The number of hydrogen-bond acceptors (Lipinski definition) is 5. The molecule has 0 bridgehead atoms. The van der Waals surface area contributed by atoms with Crippen molar-refractivity contribution in [3.63, 3.8) is 0 Å². The minimum Gasteiger partial charge on any atom is -0.484 e. The smallest absolute Gasteiger partial charge is 0.422 e. The molecule has 0 aliphatic carbocycles. The van der Waals surface area contributed by atoms with Gasteiger partial charge in [0.25, 0.3) is 0 Å². The van der Waals surface area contributed by atoms with Crippen LogP contribution in [0.5, 0.6) is 23.0 Å². The van der Waals surface area contributed by atoms with Crippen LogP contribution in [0, 0.1) is 0 Å². The van der Waals surface area contributed by atoms with Crippen LogP contribution in [0.15, 0.2) is 36.4 Å². The summed E-state index contributed by atoms with van der Waals surface area (Å²) in [5.74, 6) is 0.319. The summed E-state index contributed by atoms with van der Waals surface area (Å²) in [4.78, 5) is 0. The maximum absolute atomic E-state index is 12.4. The molecule has 0 aromatic heterocycles. The Morgan fingerprint density at radius 2 is 1.35 bits per heavy atom. The third-order valence-corrected chi connectivity index (χ3v) is 3.78. The molecule has 2 N–H and O–H groups in total. The number of rotatable bonds is 6. The molecule has 0 radical (unpaired) electrons. The minimum absolute atomic E-state index is 0.00797. The van der Waals surface area contributed by atoms with Gasteiger partial charge in [0.2, 0.25) is 6.79 Å². The van der Waals surface area contributed by atoms with E-state index in [1.807, 2.05) is 0 Å². The predicted molar refractivity (Wildman–Crippen MR) is 102 cm³/mol. The first kappa shape index (κ1) is 22.6. The molecule has 0 saturated carbocycles. The van der Waals surface area contributed by atoms with Crippen molar-refractivity contribution >= 4 is 28.7 Å². The Morgan fingerprint density at radius 3 is 1.94 bits per heavy atom. The molecule has 13 heteroatoms. The molecule has 1 aliphatic rings. The van der Waals surface area contributed by atoms with Crippen LogP contribution in [0.3, 0.4) is 0 Å². The standard InChI is InChI=1S/C18H14F6N2O4S/c19-17(20,21)7-27-12-3-11(4-13(6-12)28-8-18(22,23)24)26-16(31)25-10-1-2-14-15(5-10)30-9-29-14/h1-6H,7-9H2,(H2,25,26,31). The van der Waals surface area contributed by atoms with Crippen molar-refractivity contribution in [2.45, 2.75) is 12.4 Å². The number of anilines is 2. The van der Waals surface area contributed by atoms with E-state index in [9.17, 15) is 26.3 Å². The monoisotopic (exact) mass is 468 g/mol. The van der Waals surface area contributed by atoms with Gasteiger partial charge in [-0.25, -0.2) is 0 Å². The van der Waals surface area contributed by atoms with E-state index in [1.165, 1.54) is 0 Å². The van der Waals surface area contributed by atoms with Crippen LogP contribution in [0.2, 0.25) is 0 Å². The van der Waals surface area contributed by atoms with Crippen LogP contribution in [-0.4, -0.2) is 37.5 Å². The van der Waals surface area contributed by atoms with Crippen molar-refractivity contribution < 1.29 is 45.3 Å². The highest BCUT2D eigenvalue weighted by Crippen LogP contribution is 2.34. The Hall–Kier alpha value is -3.09. The molecule has 0 unspecified atom stereocenters. The van der Waals surface area contributed by atoms with Crippen LogP contribution in [-0.2, 0) is 0 Å². The minimum atomic E-state index is -4.63. The Morgan fingerprint density at radius 1 is 0.806 bits per heavy atom. The summed E-state index contributed by atoms with van der Waals surface area (Å²) in [5, 5.41) is 5.48. The third-order valence-electron chi connectivity index (χ3n) is 3.57. The highest BCUT2D eigenvalue weighted by atomic mass is 32.1. The van der Waals surface area contributed by atoms with Gasteiger partial charge in [0.15, 0.2) is 29.8 Å². The second kappa shape index (κ2) is 8.96. The lowest BCUT2D eigenvalue weighted by Gasteiger charge is -2.16. The molecule has 1 heterocycles. The van der Waals surface area contributed by atoms with Crippen LogP contribution >= 0.6 is 12.2 Å². The number of nitrogens with one attached hydrogen (secondary N) is 2. The molecule has 6 nitrogen and oxygen atoms in total. The maximum atomic E-state index is 12.4. The number of halogens is 6. The Labute approximate surface area is 177 Å². The molecule has 168 valence electrons. The van der Waals surface area contributed by atoms with E-state index >= 15 is 0 Å². The van der Waals surface area contributed by atoms with Gasteiger partial charge in [-0.1, -0.05) is 0 Å². The molecule has 31 heavy (non-hydrogen) atoms. The largest absolute Gasteiger partial charge is 0.484 e. The third kappa shape index (κ3) is 7.27. The number of hydrogen-bond donors (Lipinski definition) is 2. The number of thiocarbonyl (C=S) groups is 1. The van der Waals surface area contributed by atoms with E-state index in [0.717, 1.165) is 18.2 Å².